The van der Waals surface area contributed by atoms with Crippen molar-refractivity contribution in [3.05, 3.63) is 52.8 Å². The number of rotatable bonds is 5. The molecule has 0 radical (unpaired) electrons. The highest BCUT2D eigenvalue weighted by atomic mass is 79.9. The predicted molar refractivity (Wildman–Crippen MR) is 77.1 cm³/mol. The third-order valence-electron chi connectivity index (χ3n) is 2.40. The second-order valence-corrected chi connectivity index (χ2v) is 4.89. The highest BCUT2D eigenvalue weighted by Gasteiger charge is 1.97. The average molecular weight is 307 g/mol. The summed E-state index contributed by atoms with van der Waals surface area (Å²) in [6.07, 6.45) is 3.53. The molecule has 18 heavy (non-hydrogen) atoms. The van der Waals surface area contributed by atoms with Crippen LogP contribution in [0.1, 0.15) is 5.56 Å². The minimum absolute atomic E-state index is 0.623. The van der Waals surface area contributed by atoms with Gasteiger partial charge in [-0.3, -0.25) is 4.98 Å². The number of aromatic nitrogens is 1. The minimum atomic E-state index is 0.623. The van der Waals surface area contributed by atoms with Crippen LogP contribution in [0, 0.1) is 6.92 Å². The maximum Gasteiger partial charge on any atom is 0.120 e. The number of nitrogens with zero attached hydrogens (tertiary/aromatic N) is 1. The van der Waals surface area contributed by atoms with E-state index < -0.39 is 0 Å². The Morgan fingerprint density at radius 3 is 2.72 bits per heavy atom. The minimum Gasteiger partial charge on any atom is -0.492 e. The van der Waals surface area contributed by atoms with Crippen LogP contribution in [0.5, 0.6) is 5.75 Å². The van der Waals surface area contributed by atoms with E-state index in [9.17, 15) is 0 Å². The van der Waals surface area contributed by atoms with E-state index in [4.69, 9.17) is 4.74 Å². The van der Waals surface area contributed by atoms with E-state index in [0.717, 1.165) is 22.5 Å². The van der Waals surface area contributed by atoms with Crippen molar-refractivity contribution in [2.45, 2.75) is 6.92 Å². The lowest BCUT2D eigenvalue weighted by Gasteiger charge is -2.09. The molecule has 4 heteroatoms. The molecule has 0 amide bonds. The Morgan fingerprint density at radius 2 is 2.00 bits per heavy atom. The van der Waals surface area contributed by atoms with Gasteiger partial charge in [0.1, 0.15) is 12.4 Å². The van der Waals surface area contributed by atoms with Gasteiger partial charge in [0.05, 0.1) is 0 Å². The van der Waals surface area contributed by atoms with E-state index in [2.05, 4.69) is 32.3 Å². The number of ether oxygens (including phenoxy) is 1. The molecule has 0 aliphatic rings. The first kappa shape index (κ1) is 12.9. The first-order valence-corrected chi connectivity index (χ1v) is 6.57. The Hall–Kier alpha value is -1.55. The fourth-order valence-electron chi connectivity index (χ4n) is 1.62. The first-order valence-electron chi connectivity index (χ1n) is 5.78. The molecular weight excluding hydrogens is 292 g/mol. The first-order chi connectivity index (χ1) is 8.74. The number of halogens is 1. The topological polar surface area (TPSA) is 34.1 Å². The fourth-order valence-corrected chi connectivity index (χ4v) is 2.21. The molecule has 2 rings (SSSR count). The summed E-state index contributed by atoms with van der Waals surface area (Å²) in [5.74, 6) is 0.887. The molecule has 3 nitrogen and oxygen atoms in total. The van der Waals surface area contributed by atoms with Gasteiger partial charge in [-0.15, -0.1) is 0 Å². The Labute approximate surface area is 115 Å². The number of hydrogen-bond acceptors (Lipinski definition) is 3. The fraction of sp³-hybridized carbons (Fsp3) is 0.214. The summed E-state index contributed by atoms with van der Waals surface area (Å²) in [4.78, 5) is 3.96. The number of nitrogens with one attached hydrogen (secondary N) is 1. The number of hydrogen-bond donors (Lipinski definition) is 1. The van der Waals surface area contributed by atoms with Crippen LogP contribution in [0.15, 0.2) is 47.2 Å². The lowest BCUT2D eigenvalue weighted by Crippen LogP contribution is -2.11. The van der Waals surface area contributed by atoms with Gasteiger partial charge in [-0.1, -0.05) is 15.9 Å². The van der Waals surface area contributed by atoms with Crippen molar-refractivity contribution in [1.29, 1.82) is 0 Å². The van der Waals surface area contributed by atoms with Crippen molar-refractivity contribution in [3.8, 4) is 5.75 Å². The van der Waals surface area contributed by atoms with Gasteiger partial charge in [0.25, 0.3) is 0 Å². The molecule has 0 fully saturated rings. The van der Waals surface area contributed by atoms with Crippen LogP contribution in [0.25, 0.3) is 0 Å². The zero-order valence-electron chi connectivity index (χ0n) is 10.2. The molecule has 0 aliphatic heterocycles. The van der Waals surface area contributed by atoms with Gasteiger partial charge in [-0.05, 0) is 42.8 Å². The number of pyridine rings is 1. The summed E-state index contributed by atoms with van der Waals surface area (Å²) in [5, 5.41) is 3.27. The second-order valence-electron chi connectivity index (χ2n) is 3.98. The van der Waals surface area contributed by atoms with Crippen molar-refractivity contribution in [1.82, 2.24) is 4.98 Å². The van der Waals surface area contributed by atoms with Crippen molar-refractivity contribution in [2.24, 2.45) is 0 Å². The Morgan fingerprint density at radius 1 is 1.22 bits per heavy atom. The molecule has 1 aromatic heterocycles. The molecule has 94 valence electrons. The Bertz CT molecular complexity index is 482. The molecule has 2 aromatic rings. The lowest BCUT2D eigenvalue weighted by atomic mass is 10.2. The Balaban J connectivity index is 1.78. The molecule has 1 heterocycles. The average Bonchev–Trinajstić information content (AvgIpc) is 2.35. The van der Waals surface area contributed by atoms with Crippen LogP contribution >= 0.6 is 15.9 Å². The summed E-state index contributed by atoms with van der Waals surface area (Å²) in [5.41, 5.74) is 2.24. The van der Waals surface area contributed by atoms with E-state index >= 15 is 0 Å². The van der Waals surface area contributed by atoms with Gasteiger partial charge in [-0.25, -0.2) is 0 Å². The number of anilines is 1. The summed E-state index contributed by atoms with van der Waals surface area (Å²) in [6, 6.07) is 9.92. The maximum absolute atomic E-state index is 5.68. The van der Waals surface area contributed by atoms with Crippen molar-refractivity contribution < 1.29 is 4.74 Å². The predicted octanol–water partition coefficient (Wildman–Crippen LogP) is 3.64. The summed E-state index contributed by atoms with van der Waals surface area (Å²) >= 11 is 3.46. The summed E-state index contributed by atoms with van der Waals surface area (Å²) in [6.45, 7) is 3.43. The van der Waals surface area contributed by atoms with E-state index in [1.165, 1.54) is 5.56 Å². The zero-order valence-corrected chi connectivity index (χ0v) is 11.8. The van der Waals surface area contributed by atoms with E-state index in [1.54, 1.807) is 12.4 Å². The van der Waals surface area contributed by atoms with Crippen LogP contribution < -0.4 is 10.1 Å². The SMILES string of the molecule is Cc1cc(Br)cc(OCCNc2ccncc2)c1. The molecule has 0 atom stereocenters. The quantitative estimate of drug-likeness (QED) is 0.856. The summed E-state index contributed by atoms with van der Waals surface area (Å²) in [7, 11) is 0. The molecule has 0 bridgehead atoms. The van der Waals surface area contributed by atoms with Crippen LogP contribution in [0.3, 0.4) is 0 Å². The highest BCUT2D eigenvalue weighted by molar-refractivity contribution is 9.10. The molecule has 0 aliphatic carbocycles. The van der Waals surface area contributed by atoms with Gasteiger partial charge in [-0.2, -0.15) is 0 Å². The second kappa shape index (κ2) is 6.40. The van der Waals surface area contributed by atoms with Crippen LogP contribution in [0.4, 0.5) is 5.69 Å². The smallest absolute Gasteiger partial charge is 0.120 e. The molecular formula is C14H15BrN2O. The molecule has 0 spiro atoms. The van der Waals surface area contributed by atoms with Gasteiger partial charge < -0.3 is 10.1 Å². The number of aryl methyl sites for hydroxylation is 1. The van der Waals surface area contributed by atoms with Gasteiger partial charge in [0.2, 0.25) is 0 Å². The van der Waals surface area contributed by atoms with Gasteiger partial charge in [0.15, 0.2) is 0 Å². The van der Waals surface area contributed by atoms with Crippen LogP contribution in [-0.4, -0.2) is 18.1 Å². The zero-order chi connectivity index (χ0) is 12.8. The van der Waals surface area contributed by atoms with E-state index in [0.29, 0.717) is 6.61 Å². The molecule has 0 saturated carbocycles. The van der Waals surface area contributed by atoms with Crippen molar-refractivity contribution in [2.75, 3.05) is 18.5 Å². The summed E-state index contributed by atoms with van der Waals surface area (Å²) < 4.78 is 6.72. The van der Waals surface area contributed by atoms with Gasteiger partial charge in [0, 0.05) is 29.1 Å². The lowest BCUT2D eigenvalue weighted by molar-refractivity contribution is 0.332. The third kappa shape index (κ3) is 4.04. The van der Waals surface area contributed by atoms with E-state index in [-0.39, 0.29) is 0 Å². The standard InChI is InChI=1S/C14H15BrN2O/c1-11-8-12(15)10-14(9-11)18-7-6-17-13-2-4-16-5-3-13/h2-5,8-10H,6-7H2,1H3,(H,16,17). The maximum atomic E-state index is 5.68. The molecule has 1 N–H and O–H groups in total. The number of benzene rings is 1. The van der Waals surface area contributed by atoms with Crippen molar-refractivity contribution >= 4 is 21.6 Å². The van der Waals surface area contributed by atoms with Gasteiger partial charge >= 0.3 is 0 Å². The van der Waals surface area contributed by atoms with Crippen LogP contribution in [-0.2, 0) is 0 Å². The van der Waals surface area contributed by atoms with Crippen LogP contribution in [0.2, 0.25) is 0 Å². The van der Waals surface area contributed by atoms with E-state index in [1.807, 2.05) is 31.2 Å². The monoisotopic (exact) mass is 306 g/mol. The molecule has 0 unspecified atom stereocenters. The normalized spacial score (nSPS) is 10.1. The molecule has 0 saturated heterocycles. The Kier molecular flexibility index (Phi) is 4.59. The van der Waals surface area contributed by atoms with Crippen molar-refractivity contribution in [3.63, 3.8) is 0 Å². The largest absolute Gasteiger partial charge is 0.492 e. The highest BCUT2D eigenvalue weighted by Crippen LogP contribution is 2.20. The molecule has 1 aromatic carbocycles. The third-order valence-corrected chi connectivity index (χ3v) is 2.85.